The first-order valence-electron chi connectivity index (χ1n) is 6.82. The number of sulfonamides is 1. The summed E-state index contributed by atoms with van der Waals surface area (Å²) in [6, 6.07) is 6.46. The van der Waals surface area contributed by atoms with Crippen LogP contribution in [0.1, 0.15) is 31.3 Å². The average molecular weight is 325 g/mol. The summed E-state index contributed by atoms with van der Waals surface area (Å²) >= 11 is 1.45. The van der Waals surface area contributed by atoms with Crippen LogP contribution in [-0.4, -0.2) is 19.9 Å². The molecule has 0 aliphatic heterocycles. The number of nitrogens with zero attached hydrogens (tertiary/aromatic N) is 1. The number of thiazole rings is 1. The smallest absolute Gasteiger partial charge is 0.241 e. The van der Waals surface area contributed by atoms with E-state index >= 15 is 0 Å². The number of benzene rings is 1. The van der Waals surface area contributed by atoms with E-state index in [0.29, 0.717) is 6.42 Å². The maximum absolute atomic E-state index is 12.4. The fraction of sp³-hybridized carbons (Fsp3) is 0.357. The third-order valence-corrected chi connectivity index (χ3v) is 5.38. The quantitative estimate of drug-likeness (QED) is 0.821. The lowest BCUT2D eigenvalue weighted by molar-refractivity contribution is 0.549. The Morgan fingerprint density at radius 2 is 1.95 bits per heavy atom. The van der Waals surface area contributed by atoms with Crippen LogP contribution < -0.4 is 10.0 Å². The standard InChI is InChI=1S/C14H19N3O2S2/c1-3-13(14-16-9-10-20-14)17-21(18,19)12-7-5-11(6-8-12)15-4-2/h5-10,13,15,17H,3-4H2,1-2H3. The molecule has 2 aromatic rings. The van der Waals surface area contributed by atoms with E-state index in [2.05, 4.69) is 15.0 Å². The Labute approximate surface area is 129 Å². The number of nitrogens with one attached hydrogen (secondary N) is 2. The highest BCUT2D eigenvalue weighted by Crippen LogP contribution is 2.22. The Kier molecular flexibility index (Phi) is 5.33. The van der Waals surface area contributed by atoms with Crippen molar-refractivity contribution in [2.45, 2.75) is 31.2 Å². The summed E-state index contributed by atoms with van der Waals surface area (Å²) in [7, 11) is -3.54. The van der Waals surface area contributed by atoms with Crippen molar-refractivity contribution in [3.8, 4) is 0 Å². The second-order valence-corrected chi connectivity index (χ2v) is 7.15. The van der Waals surface area contributed by atoms with Gasteiger partial charge < -0.3 is 5.32 Å². The molecule has 1 aromatic heterocycles. The van der Waals surface area contributed by atoms with Crippen LogP contribution in [0.3, 0.4) is 0 Å². The molecule has 114 valence electrons. The summed E-state index contributed by atoms with van der Waals surface area (Å²) in [6.45, 7) is 4.72. The minimum atomic E-state index is -3.54. The zero-order valence-corrected chi connectivity index (χ0v) is 13.7. The van der Waals surface area contributed by atoms with Gasteiger partial charge in [0.1, 0.15) is 5.01 Å². The van der Waals surface area contributed by atoms with Gasteiger partial charge in [0.15, 0.2) is 0 Å². The van der Waals surface area contributed by atoms with E-state index in [-0.39, 0.29) is 10.9 Å². The summed E-state index contributed by atoms with van der Waals surface area (Å²) in [6.07, 6.45) is 2.34. The summed E-state index contributed by atoms with van der Waals surface area (Å²) in [4.78, 5) is 4.45. The molecular weight excluding hydrogens is 306 g/mol. The molecule has 1 heterocycles. The Bertz CT molecular complexity index is 652. The van der Waals surface area contributed by atoms with E-state index in [9.17, 15) is 8.42 Å². The fourth-order valence-electron chi connectivity index (χ4n) is 1.93. The SMILES string of the molecule is CCNc1ccc(S(=O)(=O)NC(CC)c2nccs2)cc1. The van der Waals surface area contributed by atoms with Crippen LogP contribution in [-0.2, 0) is 10.0 Å². The molecule has 0 saturated heterocycles. The van der Waals surface area contributed by atoms with Crippen molar-refractivity contribution in [3.63, 3.8) is 0 Å². The van der Waals surface area contributed by atoms with Gasteiger partial charge in [-0.25, -0.2) is 18.1 Å². The van der Waals surface area contributed by atoms with Gasteiger partial charge in [0, 0.05) is 23.8 Å². The van der Waals surface area contributed by atoms with Crippen LogP contribution in [0.4, 0.5) is 5.69 Å². The minimum Gasteiger partial charge on any atom is -0.385 e. The van der Waals surface area contributed by atoms with Crippen molar-refractivity contribution in [2.75, 3.05) is 11.9 Å². The maximum atomic E-state index is 12.4. The number of aromatic nitrogens is 1. The third kappa shape index (κ3) is 4.03. The van der Waals surface area contributed by atoms with E-state index in [1.54, 1.807) is 30.5 Å². The van der Waals surface area contributed by atoms with Gasteiger partial charge >= 0.3 is 0 Å². The summed E-state index contributed by atoms with van der Waals surface area (Å²) in [5.74, 6) is 0. The molecule has 7 heteroatoms. The largest absolute Gasteiger partial charge is 0.385 e. The minimum absolute atomic E-state index is 0.263. The monoisotopic (exact) mass is 325 g/mol. The van der Waals surface area contributed by atoms with Crippen LogP contribution in [0.2, 0.25) is 0 Å². The molecule has 1 atom stereocenters. The second kappa shape index (κ2) is 7.02. The first-order chi connectivity index (χ1) is 10.1. The normalized spacial score (nSPS) is 13.0. The summed E-state index contributed by atoms with van der Waals surface area (Å²) in [5.41, 5.74) is 0.906. The molecule has 0 saturated carbocycles. The molecule has 2 N–H and O–H groups in total. The number of rotatable bonds is 7. The first kappa shape index (κ1) is 15.9. The number of hydrogen-bond acceptors (Lipinski definition) is 5. The maximum Gasteiger partial charge on any atom is 0.241 e. The van der Waals surface area contributed by atoms with Crippen molar-refractivity contribution in [1.82, 2.24) is 9.71 Å². The predicted octanol–water partition coefficient (Wildman–Crippen LogP) is 3.00. The molecule has 5 nitrogen and oxygen atoms in total. The van der Waals surface area contributed by atoms with Gasteiger partial charge in [0.25, 0.3) is 0 Å². The van der Waals surface area contributed by atoms with E-state index in [1.165, 1.54) is 11.3 Å². The molecule has 0 aliphatic rings. The van der Waals surface area contributed by atoms with Gasteiger partial charge in [0.05, 0.1) is 10.9 Å². The zero-order valence-electron chi connectivity index (χ0n) is 12.0. The summed E-state index contributed by atoms with van der Waals surface area (Å²) < 4.78 is 27.5. The lowest BCUT2D eigenvalue weighted by Crippen LogP contribution is -2.28. The molecule has 0 aliphatic carbocycles. The molecule has 0 spiro atoms. The molecule has 2 rings (SSSR count). The van der Waals surface area contributed by atoms with E-state index in [1.807, 2.05) is 19.2 Å². The van der Waals surface area contributed by atoms with Crippen LogP contribution >= 0.6 is 11.3 Å². The molecule has 0 bridgehead atoms. The van der Waals surface area contributed by atoms with E-state index in [4.69, 9.17) is 0 Å². The van der Waals surface area contributed by atoms with Gasteiger partial charge in [-0.2, -0.15) is 0 Å². The lowest BCUT2D eigenvalue weighted by atomic mass is 10.3. The zero-order chi connectivity index (χ0) is 15.3. The fourth-order valence-corrected chi connectivity index (χ4v) is 4.06. The number of anilines is 1. The highest BCUT2D eigenvalue weighted by Gasteiger charge is 2.21. The molecule has 1 aromatic carbocycles. The van der Waals surface area contributed by atoms with Gasteiger partial charge in [-0.15, -0.1) is 11.3 Å². The van der Waals surface area contributed by atoms with Gasteiger partial charge in [-0.1, -0.05) is 6.92 Å². The van der Waals surface area contributed by atoms with Crippen molar-refractivity contribution in [3.05, 3.63) is 40.8 Å². The van der Waals surface area contributed by atoms with Crippen LogP contribution in [0.25, 0.3) is 0 Å². The molecule has 0 amide bonds. The van der Waals surface area contributed by atoms with Crippen LogP contribution in [0.5, 0.6) is 0 Å². The van der Waals surface area contributed by atoms with Gasteiger partial charge in [-0.05, 0) is 37.6 Å². The van der Waals surface area contributed by atoms with Crippen LogP contribution in [0.15, 0.2) is 40.7 Å². The molecular formula is C14H19N3O2S2. The molecule has 0 radical (unpaired) electrons. The second-order valence-electron chi connectivity index (χ2n) is 4.51. The molecule has 21 heavy (non-hydrogen) atoms. The average Bonchev–Trinajstić information content (AvgIpc) is 3.00. The van der Waals surface area contributed by atoms with Crippen molar-refractivity contribution >= 4 is 27.0 Å². The van der Waals surface area contributed by atoms with E-state index in [0.717, 1.165) is 17.2 Å². The lowest BCUT2D eigenvalue weighted by Gasteiger charge is -2.15. The highest BCUT2D eigenvalue weighted by atomic mass is 32.2. The predicted molar refractivity (Wildman–Crippen MR) is 86.1 cm³/mol. The van der Waals surface area contributed by atoms with Crippen molar-refractivity contribution in [2.24, 2.45) is 0 Å². The van der Waals surface area contributed by atoms with Crippen molar-refractivity contribution in [1.29, 1.82) is 0 Å². The third-order valence-electron chi connectivity index (χ3n) is 3.00. The highest BCUT2D eigenvalue weighted by molar-refractivity contribution is 7.89. The topological polar surface area (TPSA) is 71.1 Å². The molecule has 1 unspecified atom stereocenters. The Morgan fingerprint density at radius 1 is 1.24 bits per heavy atom. The van der Waals surface area contributed by atoms with Gasteiger partial charge in [-0.3, -0.25) is 0 Å². The Morgan fingerprint density at radius 3 is 2.48 bits per heavy atom. The molecule has 0 fully saturated rings. The van der Waals surface area contributed by atoms with Crippen LogP contribution in [0, 0.1) is 0 Å². The van der Waals surface area contributed by atoms with Gasteiger partial charge in [0.2, 0.25) is 10.0 Å². The van der Waals surface area contributed by atoms with Crippen molar-refractivity contribution < 1.29 is 8.42 Å². The summed E-state index contributed by atoms with van der Waals surface area (Å²) in [5, 5.41) is 5.76. The Hall–Kier alpha value is -1.44. The first-order valence-corrected chi connectivity index (χ1v) is 9.18. The number of hydrogen-bond donors (Lipinski definition) is 2. The Balaban J connectivity index is 2.17. The van der Waals surface area contributed by atoms with E-state index < -0.39 is 10.0 Å².